The van der Waals surface area contributed by atoms with Gasteiger partial charge < -0.3 is 19.7 Å². The Bertz CT molecular complexity index is 992. The summed E-state index contributed by atoms with van der Waals surface area (Å²) in [5, 5.41) is 2.80. The fourth-order valence-corrected chi connectivity index (χ4v) is 6.17. The molecule has 2 amide bonds. The summed E-state index contributed by atoms with van der Waals surface area (Å²) >= 11 is 0. The highest BCUT2D eigenvalue weighted by Crippen LogP contribution is 2.34. The predicted molar refractivity (Wildman–Crippen MR) is 134 cm³/mol. The normalized spacial score (nSPS) is 28.4. The molecule has 0 spiro atoms. The Morgan fingerprint density at radius 1 is 1.06 bits per heavy atom. The van der Waals surface area contributed by atoms with Crippen LogP contribution < -0.4 is 10.1 Å². The van der Waals surface area contributed by atoms with Gasteiger partial charge in [-0.1, -0.05) is 6.58 Å². The molecule has 1 aromatic rings. The van der Waals surface area contributed by atoms with Crippen molar-refractivity contribution in [3.8, 4) is 5.75 Å². The second-order valence-electron chi connectivity index (χ2n) is 11.5. The summed E-state index contributed by atoms with van der Waals surface area (Å²) in [6.45, 7) is 12.8. The highest BCUT2D eigenvalue weighted by Gasteiger charge is 2.39. The quantitative estimate of drug-likeness (QED) is 0.688. The molecule has 1 N–H and O–H groups in total. The fraction of sp³-hybridized carbons (Fsp3) is 0.643. The van der Waals surface area contributed by atoms with E-state index in [0.717, 1.165) is 55.8 Å². The largest absolute Gasteiger partial charge is 0.489 e. The monoisotopic (exact) mass is 481 g/mol. The molecule has 5 rings (SSSR count). The minimum absolute atomic E-state index is 0.0710. The smallest absolute Gasteiger partial charge is 0.255 e. The number of carbonyl (C=O) groups excluding carboxylic acids is 2. The zero-order chi connectivity index (χ0) is 24.7. The highest BCUT2D eigenvalue weighted by atomic mass is 16.5. The molecule has 190 valence electrons. The first-order chi connectivity index (χ1) is 16.7. The van der Waals surface area contributed by atoms with Gasteiger partial charge >= 0.3 is 0 Å². The number of carbonyl (C=O) groups is 2. The van der Waals surface area contributed by atoms with Gasteiger partial charge in [-0.2, -0.15) is 0 Å². The molecular formula is C28H39N3O4. The van der Waals surface area contributed by atoms with Crippen LogP contribution in [0.2, 0.25) is 0 Å². The van der Waals surface area contributed by atoms with E-state index in [-0.39, 0.29) is 23.5 Å². The third-order valence-electron chi connectivity index (χ3n) is 7.78. The Kier molecular flexibility index (Phi) is 6.66. The van der Waals surface area contributed by atoms with Gasteiger partial charge in [-0.05, 0) is 89.5 Å². The molecule has 0 aromatic heterocycles. The van der Waals surface area contributed by atoms with E-state index < -0.39 is 6.04 Å². The van der Waals surface area contributed by atoms with E-state index in [4.69, 9.17) is 9.47 Å². The lowest BCUT2D eigenvalue weighted by molar-refractivity contribution is -0.126. The molecule has 7 nitrogen and oxygen atoms in total. The number of benzene rings is 1. The second-order valence-corrected chi connectivity index (χ2v) is 11.5. The van der Waals surface area contributed by atoms with Crippen LogP contribution in [0.5, 0.6) is 5.75 Å². The summed E-state index contributed by atoms with van der Waals surface area (Å²) in [5.41, 5.74) is 2.26. The average Bonchev–Trinajstić information content (AvgIpc) is 3.38. The summed E-state index contributed by atoms with van der Waals surface area (Å²) in [6.07, 6.45) is 7.35. The number of nitrogens with one attached hydrogen (secondary N) is 1. The van der Waals surface area contributed by atoms with Crippen molar-refractivity contribution < 1.29 is 19.1 Å². The lowest BCUT2D eigenvalue weighted by atomic mass is 10.0. The van der Waals surface area contributed by atoms with Crippen molar-refractivity contribution in [2.45, 2.75) is 102 Å². The van der Waals surface area contributed by atoms with E-state index in [1.165, 1.54) is 6.42 Å². The van der Waals surface area contributed by atoms with Gasteiger partial charge in [0.05, 0.1) is 11.7 Å². The van der Waals surface area contributed by atoms with Gasteiger partial charge in [0, 0.05) is 36.9 Å². The van der Waals surface area contributed by atoms with E-state index in [0.29, 0.717) is 37.1 Å². The van der Waals surface area contributed by atoms with Crippen LogP contribution in [0.4, 0.5) is 0 Å². The number of fused-ring (bicyclic) bond motifs is 1. The van der Waals surface area contributed by atoms with Crippen LogP contribution in [0.25, 0.3) is 0 Å². The zero-order valence-corrected chi connectivity index (χ0v) is 21.3. The van der Waals surface area contributed by atoms with Crippen molar-refractivity contribution in [2.75, 3.05) is 13.1 Å². The number of allylic oxidation sites excluding steroid dienone is 1. The molecule has 3 unspecified atom stereocenters. The van der Waals surface area contributed by atoms with E-state index >= 15 is 0 Å². The van der Waals surface area contributed by atoms with Gasteiger partial charge in [0.15, 0.2) is 0 Å². The Morgan fingerprint density at radius 2 is 1.83 bits per heavy atom. The number of hydrogen-bond acceptors (Lipinski definition) is 5. The summed E-state index contributed by atoms with van der Waals surface area (Å²) in [5.74, 6) is 0.616. The first kappa shape index (κ1) is 24.3. The summed E-state index contributed by atoms with van der Waals surface area (Å²) in [6, 6.07) is 5.78. The van der Waals surface area contributed by atoms with Crippen molar-refractivity contribution in [2.24, 2.45) is 0 Å². The van der Waals surface area contributed by atoms with Crippen LogP contribution >= 0.6 is 0 Å². The zero-order valence-electron chi connectivity index (χ0n) is 21.3. The average molecular weight is 482 g/mol. The standard InChI is InChI=1S/C28H39N3O4/c1-18-8-11-24(26(32)29-18)31-17-19-16-21(9-10-22(19)27(31)33)34-25-7-5-6-23(25)30-14-12-20(13-15-30)35-28(2,3)4/h9-10,16,20,23-25H,1,5-8,11-15,17H2,2-4H3,(H,29,32). The molecule has 2 saturated heterocycles. The minimum atomic E-state index is -0.436. The van der Waals surface area contributed by atoms with Gasteiger partial charge in [-0.25, -0.2) is 0 Å². The number of rotatable bonds is 5. The van der Waals surface area contributed by atoms with Crippen LogP contribution in [-0.4, -0.2) is 64.6 Å². The molecule has 3 heterocycles. The molecule has 0 bridgehead atoms. The topological polar surface area (TPSA) is 71.1 Å². The SMILES string of the molecule is C=C1CCC(N2Cc3cc(OC4CCCC4N4CCC(OC(C)(C)C)CC4)ccc3C2=O)C(=O)N1. The second kappa shape index (κ2) is 9.58. The van der Waals surface area contributed by atoms with E-state index in [2.05, 4.69) is 37.6 Å². The van der Waals surface area contributed by atoms with Gasteiger partial charge in [-0.15, -0.1) is 0 Å². The number of likely N-dealkylation sites (tertiary alicyclic amines) is 1. The minimum Gasteiger partial charge on any atom is -0.489 e. The maximum atomic E-state index is 13.0. The number of ether oxygens (including phenoxy) is 2. The number of nitrogens with zero attached hydrogens (tertiary/aromatic N) is 2. The molecule has 4 aliphatic rings. The molecule has 3 atom stereocenters. The molecule has 7 heteroatoms. The molecular weight excluding hydrogens is 442 g/mol. The van der Waals surface area contributed by atoms with Crippen molar-refractivity contribution in [3.05, 3.63) is 41.6 Å². The molecule has 35 heavy (non-hydrogen) atoms. The summed E-state index contributed by atoms with van der Waals surface area (Å²) < 4.78 is 12.7. The van der Waals surface area contributed by atoms with Crippen molar-refractivity contribution in [3.63, 3.8) is 0 Å². The maximum Gasteiger partial charge on any atom is 0.255 e. The van der Waals surface area contributed by atoms with Gasteiger partial charge in [0.1, 0.15) is 17.9 Å². The Hall–Kier alpha value is -2.38. The van der Waals surface area contributed by atoms with Crippen LogP contribution in [0.15, 0.2) is 30.5 Å². The first-order valence-electron chi connectivity index (χ1n) is 13.2. The Morgan fingerprint density at radius 3 is 2.54 bits per heavy atom. The van der Waals surface area contributed by atoms with Crippen LogP contribution in [-0.2, 0) is 16.1 Å². The highest BCUT2D eigenvalue weighted by molar-refractivity contribution is 6.01. The third kappa shape index (κ3) is 5.26. The van der Waals surface area contributed by atoms with Gasteiger partial charge in [0.2, 0.25) is 5.91 Å². The number of piperidine rings is 2. The summed E-state index contributed by atoms with van der Waals surface area (Å²) in [7, 11) is 0. The van der Waals surface area contributed by atoms with E-state index in [1.54, 1.807) is 4.90 Å². The Labute approximate surface area is 208 Å². The summed E-state index contributed by atoms with van der Waals surface area (Å²) in [4.78, 5) is 29.8. The van der Waals surface area contributed by atoms with Crippen LogP contribution in [0.1, 0.15) is 81.6 Å². The fourth-order valence-electron chi connectivity index (χ4n) is 6.17. The van der Waals surface area contributed by atoms with E-state index in [9.17, 15) is 9.59 Å². The first-order valence-corrected chi connectivity index (χ1v) is 13.2. The number of hydrogen-bond donors (Lipinski definition) is 1. The molecule has 3 aliphatic heterocycles. The molecule has 0 radical (unpaired) electrons. The van der Waals surface area contributed by atoms with E-state index in [1.807, 2.05) is 18.2 Å². The molecule has 1 aliphatic carbocycles. The molecule has 3 fully saturated rings. The van der Waals surface area contributed by atoms with Gasteiger partial charge in [-0.3, -0.25) is 14.5 Å². The van der Waals surface area contributed by atoms with Crippen LogP contribution in [0.3, 0.4) is 0 Å². The Balaban J connectivity index is 1.21. The van der Waals surface area contributed by atoms with Crippen molar-refractivity contribution in [1.29, 1.82) is 0 Å². The molecule has 1 aromatic carbocycles. The predicted octanol–water partition coefficient (Wildman–Crippen LogP) is 4.01. The lowest BCUT2D eigenvalue weighted by Crippen LogP contribution is -2.49. The van der Waals surface area contributed by atoms with Crippen molar-refractivity contribution >= 4 is 11.8 Å². The lowest BCUT2D eigenvalue weighted by Gasteiger charge is -2.40. The van der Waals surface area contributed by atoms with Gasteiger partial charge in [0.25, 0.3) is 5.91 Å². The molecule has 1 saturated carbocycles. The maximum absolute atomic E-state index is 13.0. The number of amides is 2. The van der Waals surface area contributed by atoms with Crippen LogP contribution in [0, 0.1) is 0 Å². The third-order valence-corrected chi connectivity index (χ3v) is 7.78. The van der Waals surface area contributed by atoms with Crippen molar-refractivity contribution in [1.82, 2.24) is 15.1 Å².